The molecule has 212 valence electrons. The molecule has 0 aliphatic heterocycles. The van der Waals surface area contributed by atoms with Crippen LogP contribution >= 0.6 is 0 Å². The van der Waals surface area contributed by atoms with Crippen LogP contribution in [0.15, 0.2) is 77.6 Å². The van der Waals surface area contributed by atoms with Crippen molar-refractivity contribution < 1.29 is 13.9 Å². The molecule has 9 nitrogen and oxygen atoms in total. The molecule has 5 rings (SSSR count). The minimum atomic E-state index is -0.291. The Hall–Kier alpha value is -4.57. The van der Waals surface area contributed by atoms with Gasteiger partial charge in [0.05, 0.1) is 32.3 Å². The van der Waals surface area contributed by atoms with Crippen molar-refractivity contribution in [2.45, 2.75) is 45.4 Å². The molecule has 3 aromatic carbocycles. The second kappa shape index (κ2) is 12.7. The van der Waals surface area contributed by atoms with Gasteiger partial charge in [-0.25, -0.2) is 9.07 Å². The molecule has 0 amide bonds. The van der Waals surface area contributed by atoms with Gasteiger partial charge in [0.1, 0.15) is 5.82 Å². The number of rotatable bonds is 12. The smallest absolute Gasteiger partial charge is 0.252 e. The average Bonchev–Trinajstić information content (AvgIpc) is 3.44. The number of tetrazole rings is 1. The van der Waals surface area contributed by atoms with Crippen LogP contribution in [0.2, 0.25) is 0 Å². The topological polar surface area (TPSA) is 98.2 Å². The minimum absolute atomic E-state index is 0.177. The SMILES string of the molecule is CCCC(c1nnnn1Cc1ccc(F)cc1)N(Cc1ccccc1)Cc1cc2cc(OC)c(OC)cc2[nH]c1=O. The third kappa shape index (κ3) is 6.44. The van der Waals surface area contributed by atoms with Crippen LogP contribution in [-0.4, -0.2) is 44.3 Å². The van der Waals surface area contributed by atoms with E-state index < -0.39 is 0 Å². The molecule has 1 N–H and O–H groups in total. The number of methoxy groups -OCH3 is 2. The van der Waals surface area contributed by atoms with Crippen molar-refractivity contribution >= 4 is 10.9 Å². The molecule has 0 bridgehead atoms. The highest BCUT2D eigenvalue weighted by Crippen LogP contribution is 2.32. The highest BCUT2D eigenvalue weighted by Gasteiger charge is 2.27. The fraction of sp³-hybridized carbons (Fsp3) is 0.290. The number of hydrogen-bond donors (Lipinski definition) is 1. The van der Waals surface area contributed by atoms with E-state index in [2.05, 4.69) is 44.5 Å². The fourth-order valence-electron chi connectivity index (χ4n) is 5.08. The predicted octanol–water partition coefficient (Wildman–Crippen LogP) is 5.26. The van der Waals surface area contributed by atoms with Crippen LogP contribution in [0.1, 0.15) is 48.3 Å². The summed E-state index contributed by atoms with van der Waals surface area (Å²) >= 11 is 0. The largest absolute Gasteiger partial charge is 0.493 e. The lowest BCUT2D eigenvalue weighted by Gasteiger charge is -2.31. The number of H-pyrrole nitrogens is 1. The van der Waals surface area contributed by atoms with Gasteiger partial charge in [-0.2, -0.15) is 0 Å². The van der Waals surface area contributed by atoms with E-state index in [4.69, 9.17) is 9.47 Å². The monoisotopic (exact) mass is 556 g/mol. The van der Waals surface area contributed by atoms with Gasteiger partial charge in [0.25, 0.3) is 5.56 Å². The molecule has 0 fully saturated rings. The van der Waals surface area contributed by atoms with E-state index in [1.165, 1.54) is 12.1 Å². The number of ether oxygens (including phenoxy) is 2. The number of pyridine rings is 1. The number of nitrogens with one attached hydrogen (secondary N) is 1. The van der Waals surface area contributed by atoms with Crippen molar-refractivity contribution in [3.8, 4) is 11.5 Å². The van der Waals surface area contributed by atoms with Crippen molar-refractivity contribution in [2.24, 2.45) is 0 Å². The number of fused-ring (bicyclic) bond motifs is 1. The standard InChI is InChI=1S/C31H33FN6O3/c1-4-8-27(30-34-35-36-38(30)19-22-11-13-25(32)14-12-22)37(18-21-9-6-5-7-10-21)20-24-15-23-16-28(40-2)29(41-3)17-26(23)33-31(24)39/h5-7,9-17,27H,4,8,18-20H2,1-3H3,(H,33,39). The van der Waals surface area contributed by atoms with Gasteiger partial charge < -0.3 is 14.5 Å². The van der Waals surface area contributed by atoms with Crippen molar-refractivity contribution in [1.29, 1.82) is 0 Å². The van der Waals surface area contributed by atoms with E-state index in [0.717, 1.165) is 29.4 Å². The molecule has 0 saturated carbocycles. The minimum Gasteiger partial charge on any atom is -0.493 e. The van der Waals surface area contributed by atoms with E-state index in [9.17, 15) is 9.18 Å². The van der Waals surface area contributed by atoms with Crippen LogP contribution in [0.5, 0.6) is 11.5 Å². The number of aromatic amines is 1. The zero-order valence-electron chi connectivity index (χ0n) is 23.4. The van der Waals surface area contributed by atoms with Gasteiger partial charge in [-0.1, -0.05) is 55.8 Å². The highest BCUT2D eigenvalue weighted by atomic mass is 19.1. The Kier molecular flexibility index (Phi) is 8.69. The summed E-state index contributed by atoms with van der Waals surface area (Å²) < 4.78 is 26.2. The Morgan fingerprint density at radius 3 is 2.39 bits per heavy atom. The van der Waals surface area contributed by atoms with Crippen LogP contribution in [0.4, 0.5) is 4.39 Å². The summed E-state index contributed by atoms with van der Waals surface area (Å²) in [4.78, 5) is 18.6. The predicted molar refractivity (Wildman–Crippen MR) is 154 cm³/mol. The molecular formula is C31H33FN6O3. The summed E-state index contributed by atoms with van der Waals surface area (Å²) in [5.74, 6) is 1.53. The molecule has 2 aromatic heterocycles. The number of benzene rings is 3. The molecule has 41 heavy (non-hydrogen) atoms. The van der Waals surface area contributed by atoms with Gasteiger partial charge >= 0.3 is 0 Å². The van der Waals surface area contributed by atoms with E-state index in [0.29, 0.717) is 48.0 Å². The van der Waals surface area contributed by atoms with Crippen LogP contribution in [0.25, 0.3) is 10.9 Å². The first kappa shape index (κ1) is 28.0. The van der Waals surface area contributed by atoms with Gasteiger partial charge in [-0.3, -0.25) is 9.69 Å². The molecule has 0 spiro atoms. The Labute approximate surface area is 237 Å². The highest BCUT2D eigenvalue weighted by molar-refractivity contribution is 5.83. The molecule has 10 heteroatoms. The zero-order valence-corrected chi connectivity index (χ0v) is 23.4. The normalized spacial score (nSPS) is 12.1. The Morgan fingerprint density at radius 2 is 1.68 bits per heavy atom. The maximum absolute atomic E-state index is 13.5. The summed E-state index contributed by atoms with van der Waals surface area (Å²) in [6.45, 7) is 3.46. The second-order valence-electron chi connectivity index (χ2n) is 9.93. The molecule has 1 atom stereocenters. The quantitative estimate of drug-likeness (QED) is 0.224. The summed E-state index contributed by atoms with van der Waals surface area (Å²) in [6.07, 6.45) is 1.65. The summed E-state index contributed by atoms with van der Waals surface area (Å²) in [5, 5.41) is 13.5. The first-order valence-corrected chi connectivity index (χ1v) is 13.6. The zero-order chi connectivity index (χ0) is 28.8. The molecule has 0 saturated heterocycles. The third-order valence-electron chi connectivity index (χ3n) is 7.13. The molecule has 1 unspecified atom stereocenters. The Morgan fingerprint density at radius 1 is 0.951 bits per heavy atom. The summed E-state index contributed by atoms with van der Waals surface area (Å²) in [6, 6.07) is 21.8. The number of halogens is 1. The van der Waals surface area contributed by atoms with Crippen LogP contribution in [-0.2, 0) is 19.6 Å². The lowest BCUT2D eigenvalue weighted by atomic mass is 10.0. The summed E-state index contributed by atoms with van der Waals surface area (Å²) in [5.41, 5.74) is 3.09. The Bertz CT molecular complexity index is 1650. The van der Waals surface area contributed by atoms with Crippen LogP contribution < -0.4 is 15.0 Å². The fourth-order valence-corrected chi connectivity index (χ4v) is 5.08. The Balaban J connectivity index is 1.54. The lowest BCUT2D eigenvalue weighted by Crippen LogP contribution is -2.32. The molecular weight excluding hydrogens is 523 g/mol. The first-order valence-electron chi connectivity index (χ1n) is 13.6. The third-order valence-corrected chi connectivity index (χ3v) is 7.13. The first-order chi connectivity index (χ1) is 20.0. The second-order valence-corrected chi connectivity index (χ2v) is 9.93. The van der Waals surface area contributed by atoms with Crippen LogP contribution in [0, 0.1) is 5.82 Å². The number of aromatic nitrogens is 5. The van der Waals surface area contributed by atoms with E-state index in [1.807, 2.05) is 30.3 Å². The van der Waals surface area contributed by atoms with Gasteiger partial charge in [-0.15, -0.1) is 5.10 Å². The van der Waals surface area contributed by atoms with E-state index in [-0.39, 0.29) is 17.4 Å². The van der Waals surface area contributed by atoms with Gasteiger partial charge in [0.2, 0.25) is 0 Å². The molecule has 0 aliphatic carbocycles. The van der Waals surface area contributed by atoms with Gasteiger partial charge in [0, 0.05) is 30.1 Å². The van der Waals surface area contributed by atoms with Crippen molar-refractivity contribution in [3.63, 3.8) is 0 Å². The van der Waals surface area contributed by atoms with Crippen LogP contribution in [0.3, 0.4) is 0 Å². The van der Waals surface area contributed by atoms with E-state index in [1.54, 1.807) is 37.1 Å². The molecule has 2 heterocycles. The maximum atomic E-state index is 13.5. The van der Waals surface area contributed by atoms with Gasteiger partial charge in [-0.05, 0) is 52.2 Å². The van der Waals surface area contributed by atoms with E-state index >= 15 is 0 Å². The number of hydrogen-bond acceptors (Lipinski definition) is 7. The maximum Gasteiger partial charge on any atom is 0.252 e. The van der Waals surface area contributed by atoms with Gasteiger partial charge in [0.15, 0.2) is 17.3 Å². The van der Waals surface area contributed by atoms with Crippen molar-refractivity contribution in [2.75, 3.05) is 14.2 Å². The average molecular weight is 557 g/mol. The molecule has 0 aliphatic rings. The lowest BCUT2D eigenvalue weighted by molar-refractivity contribution is 0.156. The number of nitrogens with zero attached hydrogens (tertiary/aromatic N) is 5. The molecule has 5 aromatic rings. The summed E-state index contributed by atoms with van der Waals surface area (Å²) in [7, 11) is 3.15. The molecule has 0 radical (unpaired) electrons. The van der Waals surface area contributed by atoms with Crippen molar-refractivity contribution in [1.82, 2.24) is 30.1 Å². The van der Waals surface area contributed by atoms with Crippen molar-refractivity contribution in [3.05, 3.63) is 111 Å².